The fraction of sp³-hybridized carbons (Fsp3) is 0.455. The molecular weight excluding hydrogens is 261 g/mol. The molecule has 0 N–H and O–H groups in total. The third kappa shape index (κ3) is 4.15. The predicted molar refractivity (Wildman–Crippen MR) is 70.8 cm³/mol. The average molecular weight is 276 g/mol. The zero-order chi connectivity index (χ0) is 13.0. The molecule has 0 spiro atoms. The molecule has 6 heteroatoms. The largest absolute Gasteiger partial charge is 0.308 e. The van der Waals surface area contributed by atoms with Gasteiger partial charge in [-0.15, -0.1) is 0 Å². The summed E-state index contributed by atoms with van der Waals surface area (Å²) in [5.41, 5.74) is 0. The van der Waals surface area contributed by atoms with Crippen molar-refractivity contribution in [1.82, 2.24) is 9.88 Å². The van der Waals surface area contributed by atoms with Crippen LogP contribution in [0.5, 0.6) is 0 Å². The monoisotopic (exact) mass is 275 g/mol. The average Bonchev–Trinajstić information content (AvgIpc) is 2.20. The van der Waals surface area contributed by atoms with Crippen LogP contribution in [0.3, 0.4) is 0 Å². The first kappa shape index (κ1) is 14.2. The minimum atomic E-state index is -0.0939. The van der Waals surface area contributed by atoms with Crippen molar-refractivity contribution in [2.75, 3.05) is 32.1 Å². The van der Waals surface area contributed by atoms with E-state index in [-0.39, 0.29) is 5.91 Å². The van der Waals surface area contributed by atoms with Crippen LogP contribution >= 0.6 is 23.2 Å². The SMILES string of the molecule is CC(=O)N(CCN(C)C)c1ncc(Cl)cc1Cl. The number of halogens is 2. The second kappa shape index (κ2) is 6.19. The molecule has 94 valence electrons. The van der Waals surface area contributed by atoms with Crippen LogP contribution < -0.4 is 4.90 Å². The Balaban J connectivity index is 2.93. The second-order valence-electron chi connectivity index (χ2n) is 3.93. The lowest BCUT2D eigenvalue weighted by atomic mass is 10.4. The summed E-state index contributed by atoms with van der Waals surface area (Å²) >= 11 is 11.8. The maximum atomic E-state index is 11.6. The summed E-state index contributed by atoms with van der Waals surface area (Å²) < 4.78 is 0. The van der Waals surface area contributed by atoms with Crippen LogP contribution in [0.1, 0.15) is 6.92 Å². The summed E-state index contributed by atoms with van der Waals surface area (Å²) in [7, 11) is 3.88. The van der Waals surface area contributed by atoms with E-state index in [2.05, 4.69) is 4.98 Å². The number of rotatable bonds is 4. The van der Waals surface area contributed by atoms with Gasteiger partial charge in [-0.2, -0.15) is 0 Å². The Hall–Kier alpha value is -0.840. The van der Waals surface area contributed by atoms with Crippen LogP contribution in [0.2, 0.25) is 10.0 Å². The molecule has 1 aromatic heterocycles. The van der Waals surface area contributed by atoms with Crippen molar-refractivity contribution in [2.45, 2.75) is 6.92 Å². The van der Waals surface area contributed by atoms with Gasteiger partial charge in [-0.25, -0.2) is 4.98 Å². The lowest BCUT2D eigenvalue weighted by Gasteiger charge is -2.22. The van der Waals surface area contributed by atoms with Gasteiger partial charge in [0, 0.05) is 26.2 Å². The molecule has 1 rings (SSSR count). The highest BCUT2D eigenvalue weighted by molar-refractivity contribution is 6.36. The molecular formula is C11H15Cl2N3O. The van der Waals surface area contributed by atoms with Gasteiger partial charge >= 0.3 is 0 Å². The molecule has 0 aliphatic heterocycles. The van der Waals surface area contributed by atoms with Crippen molar-refractivity contribution in [2.24, 2.45) is 0 Å². The van der Waals surface area contributed by atoms with Gasteiger partial charge in [-0.3, -0.25) is 9.69 Å². The molecule has 0 aromatic carbocycles. The highest BCUT2D eigenvalue weighted by Gasteiger charge is 2.16. The Labute approximate surface area is 111 Å². The molecule has 0 aliphatic rings. The number of carbonyl (C=O) groups excluding carboxylic acids is 1. The number of hydrogen-bond acceptors (Lipinski definition) is 3. The topological polar surface area (TPSA) is 36.4 Å². The van der Waals surface area contributed by atoms with Crippen LogP contribution in [0.4, 0.5) is 5.82 Å². The molecule has 0 unspecified atom stereocenters. The normalized spacial score (nSPS) is 10.7. The lowest BCUT2D eigenvalue weighted by Crippen LogP contribution is -2.35. The van der Waals surface area contributed by atoms with Gasteiger partial charge in [0.05, 0.1) is 10.0 Å². The van der Waals surface area contributed by atoms with Gasteiger partial charge in [-0.1, -0.05) is 23.2 Å². The zero-order valence-corrected chi connectivity index (χ0v) is 11.6. The first-order valence-electron chi connectivity index (χ1n) is 5.15. The molecule has 0 saturated heterocycles. The molecule has 17 heavy (non-hydrogen) atoms. The van der Waals surface area contributed by atoms with Crippen molar-refractivity contribution < 1.29 is 4.79 Å². The van der Waals surface area contributed by atoms with E-state index in [1.807, 2.05) is 19.0 Å². The Bertz CT molecular complexity index is 410. The third-order valence-electron chi connectivity index (χ3n) is 2.19. The quantitative estimate of drug-likeness (QED) is 0.846. The highest BCUT2D eigenvalue weighted by atomic mass is 35.5. The van der Waals surface area contributed by atoms with Gasteiger partial charge in [0.25, 0.3) is 0 Å². The Morgan fingerprint density at radius 3 is 2.47 bits per heavy atom. The number of hydrogen-bond donors (Lipinski definition) is 0. The lowest BCUT2D eigenvalue weighted by molar-refractivity contribution is -0.116. The highest BCUT2D eigenvalue weighted by Crippen LogP contribution is 2.25. The third-order valence-corrected chi connectivity index (χ3v) is 2.68. The fourth-order valence-electron chi connectivity index (χ4n) is 1.32. The Kier molecular flexibility index (Phi) is 5.18. The Morgan fingerprint density at radius 1 is 1.35 bits per heavy atom. The van der Waals surface area contributed by atoms with Crippen LogP contribution in [-0.2, 0) is 4.79 Å². The first-order valence-corrected chi connectivity index (χ1v) is 5.91. The number of aromatic nitrogens is 1. The molecule has 0 atom stereocenters. The maximum Gasteiger partial charge on any atom is 0.225 e. The van der Waals surface area contributed by atoms with Crippen molar-refractivity contribution in [1.29, 1.82) is 0 Å². The van der Waals surface area contributed by atoms with E-state index in [1.54, 1.807) is 11.0 Å². The molecule has 0 aliphatic carbocycles. The van der Waals surface area contributed by atoms with Crippen molar-refractivity contribution >= 4 is 34.9 Å². The van der Waals surface area contributed by atoms with E-state index in [9.17, 15) is 4.79 Å². The molecule has 4 nitrogen and oxygen atoms in total. The summed E-state index contributed by atoms with van der Waals surface area (Å²) in [4.78, 5) is 19.2. The molecule has 0 saturated carbocycles. The van der Waals surface area contributed by atoms with Crippen molar-refractivity contribution in [3.63, 3.8) is 0 Å². The second-order valence-corrected chi connectivity index (χ2v) is 4.78. The van der Waals surface area contributed by atoms with Crippen LogP contribution in [0, 0.1) is 0 Å². The molecule has 0 bridgehead atoms. The van der Waals surface area contributed by atoms with Gasteiger partial charge in [-0.05, 0) is 20.2 Å². The number of nitrogens with zero attached hydrogens (tertiary/aromatic N) is 3. The van der Waals surface area contributed by atoms with Crippen molar-refractivity contribution in [3.05, 3.63) is 22.3 Å². The molecule has 0 fully saturated rings. The van der Waals surface area contributed by atoms with Gasteiger partial charge in [0.1, 0.15) is 0 Å². The standard InChI is InChI=1S/C11H15Cl2N3O/c1-8(17)16(5-4-15(2)3)11-10(13)6-9(12)7-14-11/h6-7H,4-5H2,1-3H3. The van der Waals surface area contributed by atoms with E-state index in [0.29, 0.717) is 22.4 Å². The van der Waals surface area contributed by atoms with Gasteiger partial charge < -0.3 is 4.90 Å². The van der Waals surface area contributed by atoms with E-state index in [0.717, 1.165) is 6.54 Å². The summed E-state index contributed by atoms with van der Waals surface area (Å²) in [6.45, 7) is 2.76. The summed E-state index contributed by atoms with van der Waals surface area (Å²) in [5.74, 6) is 0.356. The molecule has 0 radical (unpaired) electrons. The number of likely N-dealkylation sites (N-methyl/N-ethyl adjacent to an activating group) is 1. The summed E-state index contributed by atoms with van der Waals surface area (Å²) in [5, 5.41) is 0.835. The molecule has 1 heterocycles. The Morgan fingerprint density at radius 2 is 2.00 bits per heavy atom. The number of anilines is 1. The van der Waals surface area contributed by atoms with Crippen LogP contribution in [0.25, 0.3) is 0 Å². The maximum absolute atomic E-state index is 11.6. The number of pyridine rings is 1. The first-order chi connectivity index (χ1) is 7.91. The number of amides is 1. The summed E-state index contributed by atoms with van der Waals surface area (Å²) in [6.07, 6.45) is 1.48. The van der Waals surface area contributed by atoms with E-state index in [1.165, 1.54) is 13.1 Å². The van der Waals surface area contributed by atoms with Crippen molar-refractivity contribution in [3.8, 4) is 0 Å². The summed E-state index contributed by atoms with van der Waals surface area (Å²) in [6, 6.07) is 1.58. The smallest absolute Gasteiger partial charge is 0.225 e. The molecule has 1 aromatic rings. The van der Waals surface area contributed by atoms with Crippen LogP contribution in [-0.4, -0.2) is 43.0 Å². The molecule has 1 amide bonds. The number of carbonyl (C=O) groups is 1. The van der Waals surface area contributed by atoms with Gasteiger partial charge in [0.15, 0.2) is 5.82 Å². The fourth-order valence-corrected chi connectivity index (χ4v) is 1.80. The van der Waals surface area contributed by atoms with E-state index in [4.69, 9.17) is 23.2 Å². The minimum Gasteiger partial charge on any atom is -0.308 e. The predicted octanol–water partition coefficient (Wildman–Crippen LogP) is 2.30. The minimum absolute atomic E-state index is 0.0939. The van der Waals surface area contributed by atoms with Crippen LogP contribution in [0.15, 0.2) is 12.3 Å². The zero-order valence-electron chi connectivity index (χ0n) is 10.1. The van der Waals surface area contributed by atoms with Gasteiger partial charge in [0.2, 0.25) is 5.91 Å². The van der Waals surface area contributed by atoms with E-state index >= 15 is 0 Å². The van der Waals surface area contributed by atoms with E-state index < -0.39 is 0 Å².